The van der Waals surface area contributed by atoms with Crippen LogP contribution in [0.1, 0.15) is 18.1 Å². The molecular formula is C11H15N3. The van der Waals surface area contributed by atoms with E-state index in [1.54, 1.807) is 0 Å². The van der Waals surface area contributed by atoms with Crippen LogP contribution in [-0.2, 0) is 0 Å². The lowest BCUT2D eigenvalue weighted by atomic mass is 10.1. The first-order valence-corrected chi connectivity index (χ1v) is 4.63. The molecule has 0 aliphatic rings. The highest BCUT2D eigenvalue weighted by Crippen LogP contribution is 2.15. The first kappa shape index (κ1) is 10.6. The number of hydrogen-bond donors (Lipinski definition) is 2. The van der Waals surface area contributed by atoms with E-state index in [0.29, 0.717) is 12.1 Å². The largest absolute Gasteiger partial charge is 0.382 e. The van der Waals surface area contributed by atoms with Crippen molar-refractivity contribution in [1.82, 2.24) is 0 Å². The van der Waals surface area contributed by atoms with E-state index >= 15 is 0 Å². The number of anilines is 1. The van der Waals surface area contributed by atoms with E-state index in [0.717, 1.165) is 11.3 Å². The van der Waals surface area contributed by atoms with Crippen LogP contribution in [0.25, 0.3) is 0 Å². The summed E-state index contributed by atoms with van der Waals surface area (Å²) in [5.74, 6) is 0. The van der Waals surface area contributed by atoms with Gasteiger partial charge in [0, 0.05) is 12.6 Å². The molecule has 0 aromatic heterocycles. The minimum absolute atomic E-state index is 0.0860. The summed E-state index contributed by atoms with van der Waals surface area (Å²) in [6, 6.07) is 8.00. The highest BCUT2D eigenvalue weighted by atomic mass is 14.9. The molecule has 0 spiro atoms. The molecule has 3 nitrogen and oxygen atoms in total. The average Bonchev–Trinajstić information content (AvgIpc) is 2.15. The summed E-state index contributed by atoms with van der Waals surface area (Å²) in [6.45, 7) is 4.57. The van der Waals surface area contributed by atoms with E-state index in [2.05, 4.69) is 11.4 Å². The summed E-state index contributed by atoms with van der Waals surface area (Å²) in [6.07, 6.45) is 0. The number of aryl methyl sites for hydroxylation is 1. The van der Waals surface area contributed by atoms with Crippen LogP contribution in [0.5, 0.6) is 0 Å². The molecule has 0 saturated heterocycles. The predicted molar refractivity (Wildman–Crippen MR) is 58.0 cm³/mol. The van der Waals surface area contributed by atoms with E-state index in [-0.39, 0.29) is 6.04 Å². The van der Waals surface area contributed by atoms with Crippen LogP contribution in [-0.4, -0.2) is 12.6 Å². The Morgan fingerprint density at radius 3 is 2.86 bits per heavy atom. The van der Waals surface area contributed by atoms with Gasteiger partial charge in [0.15, 0.2) is 0 Å². The van der Waals surface area contributed by atoms with Gasteiger partial charge in [0.1, 0.15) is 6.07 Å². The third-order valence-corrected chi connectivity index (χ3v) is 1.91. The topological polar surface area (TPSA) is 61.8 Å². The minimum Gasteiger partial charge on any atom is -0.382 e. The van der Waals surface area contributed by atoms with Crippen molar-refractivity contribution in [2.45, 2.75) is 19.9 Å². The average molecular weight is 189 g/mol. The maximum Gasteiger partial charge on any atom is 0.101 e. The molecule has 0 heterocycles. The quantitative estimate of drug-likeness (QED) is 0.759. The first-order chi connectivity index (χ1) is 6.63. The van der Waals surface area contributed by atoms with Gasteiger partial charge in [0.2, 0.25) is 0 Å². The number of benzene rings is 1. The highest BCUT2D eigenvalue weighted by Gasteiger charge is 2.01. The molecule has 0 aliphatic heterocycles. The standard InChI is InChI=1S/C11H15N3/c1-8-3-4-11(10(5-8)6-12)14-7-9(2)13/h3-5,9,14H,7,13H2,1-2H3. The number of nitriles is 1. The van der Waals surface area contributed by atoms with Crippen molar-refractivity contribution < 1.29 is 0 Å². The molecule has 0 amide bonds. The van der Waals surface area contributed by atoms with Gasteiger partial charge in [-0.3, -0.25) is 0 Å². The van der Waals surface area contributed by atoms with Crippen LogP contribution in [0.2, 0.25) is 0 Å². The second-order valence-corrected chi connectivity index (χ2v) is 3.52. The molecule has 14 heavy (non-hydrogen) atoms. The van der Waals surface area contributed by atoms with Gasteiger partial charge in [0.25, 0.3) is 0 Å². The molecule has 0 radical (unpaired) electrons. The zero-order chi connectivity index (χ0) is 10.6. The van der Waals surface area contributed by atoms with Gasteiger partial charge in [-0.2, -0.15) is 5.26 Å². The van der Waals surface area contributed by atoms with Gasteiger partial charge in [-0.25, -0.2) is 0 Å². The van der Waals surface area contributed by atoms with Crippen LogP contribution in [0, 0.1) is 18.3 Å². The zero-order valence-electron chi connectivity index (χ0n) is 8.54. The normalized spacial score (nSPS) is 11.9. The summed E-state index contributed by atoms with van der Waals surface area (Å²) >= 11 is 0. The minimum atomic E-state index is 0.0860. The van der Waals surface area contributed by atoms with Gasteiger partial charge in [-0.15, -0.1) is 0 Å². The van der Waals surface area contributed by atoms with Gasteiger partial charge in [-0.1, -0.05) is 6.07 Å². The van der Waals surface area contributed by atoms with Gasteiger partial charge < -0.3 is 11.1 Å². The highest BCUT2D eigenvalue weighted by molar-refractivity contribution is 5.58. The summed E-state index contributed by atoms with van der Waals surface area (Å²) in [4.78, 5) is 0. The molecule has 74 valence electrons. The molecule has 1 aromatic carbocycles. The third kappa shape index (κ3) is 2.75. The number of nitrogens with zero attached hydrogens (tertiary/aromatic N) is 1. The van der Waals surface area contributed by atoms with Crippen molar-refractivity contribution in [2.24, 2.45) is 5.73 Å². The lowest BCUT2D eigenvalue weighted by Crippen LogP contribution is -2.25. The van der Waals surface area contributed by atoms with Crippen molar-refractivity contribution >= 4 is 5.69 Å². The van der Waals surface area contributed by atoms with Crippen LogP contribution < -0.4 is 11.1 Å². The Labute approximate surface area is 84.5 Å². The molecule has 1 rings (SSSR count). The Hall–Kier alpha value is -1.53. The number of nitrogens with one attached hydrogen (secondary N) is 1. The van der Waals surface area contributed by atoms with Crippen molar-refractivity contribution in [1.29, 1.82) is 5.26 Å². The fourth-order valence-corrected chi connectivity index (χ4v) is 1.18. The van der Waals surface area contributed by atoms with Gasteiger partial charge in [0.05, 0.1) is 11.3 Å². The molecule has 1 aromatic rings. The fraction of sp³-hybridized carbons (Fsp3) is 0.364. The summed E-state index contributed by atoms with van der Waals surface area (Å²) in [5, 5.41) is 12.0. The van der Waals surface area contributed by atoms with E-state index in [1.807, 2.05) is 32.0 Å². The Balaban J connectivity index is 2.82. The Bertz CT molecular complexity index is 350. The molecule has 0 aliphatic carbocycles. The smallest absolute Gasteiger partial charge is 0.101 e. The van der Waals surface area contributed by atoms with Crippen LogP contribution in [0.15, 0.2) is 18.2 Å². The lowest BCUT2D eigenvalue weighted by molar-refractivity contribution is 0.780. The molecule has 1 unspecified atom stereocenters. The number of nitrogens with two attached hydrogens (primary N) is 1. The van der Waals surface area contributed by atoms with E-state index in [9.17, 15) is 0 Å². The van der Waals surface area contributed by atoms with Gasteiger partial charge in [-0.05, 0) is 31.5 Å². The van der Waals surface area contributed by atoms with Crippen molar-refractivity contribution in [2.75, 3.05) is 11.9 Å². The van der Waals surface area contributed by atoms with Crippen LogP contribution in [0.4, 0.5) is 5.69 Å². The molecule has 0 fully saturated rings. The van der Waals surface area contributed by atoms with Crippen molar-refractivity contribution in [3.63, 3.8) is 0 Å². The lowest BCUT2D eigenvalue weighted by Gasteiger charge is -2.10. The van der Waals surface area contributed by atoms with E-state index in [4.69, 9.17) is 11.0 Å². The van der Waals surface area contributed by atoms with Crippen molar-refractivity contribution in [3.8, 4) is 6.07 Å². The van der Waals surface area contributed by atoms with E-state index < -0.39 is 0 Å². The predicted octanol–water partition coefficient (Wildman–Crippen LogP) is 1.63. The second kappa shape index (κ2) is 4.64. The number of rotatable bonds is 3. The fourth-order valence-electron chi connectivity index (χ4n) is 1.18. The first-order valence-electron chi connectivity index (χ1n) is 4.63. The Kier molecular flexibility index (Phi) is 3.49. The molecule has 3 N–H and O–H groups in total. The molecular weight excluding hydrogens is 174 g/mol. The van der Waals surface area contributed by atoms with Crippen molar-refractivity contribution in [3.05, 3.63) is 29.3 Å². The summed E-state index contributed by atoms with van der Waals surface area (Å²) < 4.78 is 0. The van der Waals surface area contributed by atoms with Crippen LogP contribution in [0.3, 0.4) is 0 Å². The summed E-state index contributed by atoms with van der Waals surface area (Å²) in [5.41, 5.74) is 8.24. The number of hydrogen-bond acceptors (Lipinski definition) is 3. The SMILES string of the molecule is Cc1ccc(NCC(C)N)c(C#N)c1. The zero-order valence-corrected chi connectivity index (χ0v) is 8.54. The third-order valence-electron chi connectivity index (χ3n) is 1.91. The summed E-state index contributed by atoms with van der Waals surface area (Å²) in [7, 11) is 0. The molecule has 0 bridgehead atoms. The molecule has 3 heteroatoms. The molecule has 1 atom stereocenters. The maximum absolute atomic E-state index is 8.89. The monoisotopic (exact) mass is 189 g/mol. The Morgan fingerprint density at radius 2 is 2.29 bits per heavy atom. The van der Waals surface area contributed by atoms with E-state index in [1.165, 1.54) is 0 Å². The molecule has 0 saturated carbocycles. The van der Waals surface area contributed by atoms with Crippen LogP contribution >= 0.6 is 0 Å². The van der Waals surface area contributed by atoms with Gasteiger partial charge >= 0.3 is 0 Å². The second-order valence-electron chi connectivity index (χ2n) is 3.52. The Morgan fingerprint density at radius 1 is 1.57 bits per heavy atom. The maximum atomic E-state index is 8.89.